The Morgan fingerprint density at radius 3 is 2.38 bits per heavy atom. The van der Waals surface area contributed by atoms with E-state index in [2.05, 4.69) is 19.9 Å². The van der Waals surface area contributed by atoms with Gasteiger partial charge >= 0.3 is 0 Å². The normalized spacial score (nSPS) is 14.3. The lowest BCUT2D eigenvalue weighted by Gasteiger charge is -2.35. The topological polar surface area (TPSA) is 67.2 Å². The molecular weight excluding hydrogens is 388 g/mol. The lowest BCUT2D eigenvalue weighted by molar-refractivity contribution is 0.0746. The second-order valence-electron chi connectivity index (χ2n) is 7.21. The molecule has 150 valence electrons. The zero-order chi connectivity index (χ0) is 20.5. The molecule has 1 aliphatic rings. The van der Waals surface area contributed by atoms with Crippen molar-refractivity contribution in [3.8, 4) is 5.82 Å². The molecule has 1 fully saturated rings. The van der Waals surface area contributed by atoms with Crippen LogP contribution in [0.25, 0.3) is 5.82 Å². The van der Waals surface area contributed by atoms with E-state index >= 15 is 0 Å². The number of anilines is 1. The molecule has 2 aromatic heterocycles. The molecule has 3 aromatic rings. The Labute approximate surface area is 175 Å². The van der Waals surface area contributed by atoms with E-state index in [4.69, 9.17) is 11.6 Å². The van der Waals surface area contributed by atoms with Gasteiger partial charge < -0.3 is 9.80 Å². The number of carbonyl (C=O) groups excluding carboxylic acids is 1. The molecular formula is C21H23ClN6O. The molecule has 0 spiro atoms. The molecule has 1 amide bonds. The highest BCUT2D eigenvalue weighted by Gasteiger charge is 2.24. The predicted molar refractivity (Wildman–Crippen MR) is 113 cm³/mol. The summed E-state index contributed by atoms with van der Waals surface area (Å²) < 4.78 is 1.98. The standard InChI is InChI=1S/C21H23ClN6O/c1-14-15(2)28(13-23-14)20-12-19(24-16(3)25-20)26-7-9-27(10-8-26)21(29)17-5-4-6-18(22)11-17/h4-6,11-13H,7-10H2,1-3H3. The summed E-state index contributed by atoms with van der Waals surface area (Å²) >= 11 is 6.02. The number of aryl methyl sites for hydroxylation is 2. The van der Waals surface area contributed by atoms with Crippen LogP contribution in [0.5, 0.6) is 0 Å². The number of imidazole rings is 1. The molecule has 0 unspecified atom stereocenters. The van der Waals surface area contributed by atoms with E-state index in [1.165, 1.54) is 0 Å². The van der Waals surface area contributed by atoms with Gasteiger partial charge in [0.2, 0.25) is 0 Å². The Morgan fingerprint density at radius 1 is 1.00 bits per heavy atom. The molecule has 1 aliphatic heterocycles. The monoisotopic (exact) mass is 410 g/mol. The van der Waals surface area contributed by atoms with Crippen LogP contribution < -0.4 is 4.90 Å². The summed E-state index contributed by atoms with van der Waals surface area (Å²) in [7, 11) is 0. The molecule has 29 heavy (non-hydrogen) atoms. The highest BCUT2D eigenvalue weighted by molar-refractivity contribution is 6.30. The van der Waals surface area contributed by atoms with Crippen molar-refractivity contribution < 1.29 is 4.79 Å². The van der Waals surface area contributed by atoms with E-state index in [0.29, 0.717) is 42.6 Å². The second-order valence-corrected chi connectivity index (χ2v) is 7.64. The Morgan fingerprint density at radius 2 is 1.72 bits per heavy atom. The number of carbonyl (C=O) groups is 1. The van der Waals surface area contributed by atoms with E-state index in [1.54, 1.807) is 30.6 Å². The quantitative estimate of drug-likeness (QED) is 0.663. The predicted octanol–water partition coefficient (Wildman–Crippen LogP) is 3.20. The van der Waals surface area contributed by atoms with Crippen molar-refractivity contribution in [2.24, 2.45) is 0 Å². The lowest BCUT2D eigenvalue weighted by atomic mass is 10.2. The van der Waals surface area contributed by atoms with Gasteiger partial charge in [-0.25, -0.2) is 15.0 Å². The van der Waals surface area contributed by atoms with Crippen molar-refractivity contribution >= 4 is 23.3 Å². The first kappa shape index (κ1) is 19.4. The summed E-state index contributed by atoms with van der Waals surface area (Å²) in [6, 6.07) is 9.07. The fourth-order valence-corrected chi connectivity index (χ4v) is 3.68. The van der Waals surface area contributed by atoms with Gasteiger partial charge in [0.1, 0.15) is 23.8 Å². The van der Waals surface area contributed by atoms with Crippen molar-refractivity contribution in [2.45, 2.75) is 20.8 Å². The van der Waals surface area contributed by atoms with Gasteiger partial charge in [0.15, 0.2) is 0 Å². The molecule has 0 aliphatic carbocycles. The van der Waals surface area contributed by atoms with Crippen LogP contribution in [0.2, 0.25) is 5.02 Å². The average molecular weight is 411 g/mol. The fraction of sp³-hybridized carbons (Fsp3) is 0.333. The number of hydrogen-bond acceptors (Lipinski definition) is 5. The maximum atomic E-state index is 12.7. The number of aromatic nitrogens is 4. The van der Waals surface area contributed by atoms with Crippen molar-refractivity contribution in [3.63, 3.8) is 0 Å². The first-order valence-electron chi connectivity index (χ1n) is 9.59. The maximum absolute atomic E-state index is 12.7. The first-order valence-corrected chi connectivity index (χ1v) is 9.96. The molecule has 4 rings (SSSR count). The van der Waals surface area contributed by atoms with Crippen LogP contribution in [0.4, 0.5) is 5.82 Å². The molecule has 1 aromatic carbocycles. The summed E-state index contributed by atoms with van der Waals surface area (Å²) in [5.74, 6) is 2.40. The van der Waals surface area contributed by atoms with E-state index in [9.17, 15) is 4.79 Å². The molecule has 0 atom stereocenters. The van der Waals surface area contributed by atoms with Crippen LogP contribution in [-0.4, -0.2) is 56.5 Å². The zero-order valence-corrected chi connectivity index (χ0v) is 17.5. The first-order chi connectivity index (χ1) is 13.9. The van der Waals surface area contributed by atoms with Gasteiger partial charge in [0.25, 0.3) is 5.91 Å². The Kier molecular flexibility index (Phi) is 5.24. The Hall–Kier alpha value is -2.93. The third-order valence-corrected chi connectivity index (χ3v) is 5.51. The molecule has 0 radical (unpaired) electrons. The summed E-state index contributed by atoms with van der Waals surface area (Å²) in [6.45, 7) is 8.59. The van der Waals surface area contributed by atoms with Crippen LogP contribution >= 0.6 is 11.6 Å². The van der Waals surface area contributed by atoms with E-state index in [0.717, 1.165) is 23.0 Å². The second kappa shape index (κ2) is 7.83. The SMILES string of the molecule is Cc1nc(N2CCN(C(=O)c3cccc(Cl)c3)CC2)cc(-n2cnc(C)c2C)n1. The van der Waals surface area contributed by atoms with Crippen LogP contribution in [-0.2, 0) is 0 Å². The minimum Gasteiger partial charge on any atom is -0.353 e. The van der Waals surface area contributed by atoms with Gasteiger partial charge in [0, 0.05) is 48.5 Å². The minimum atomic E-state index is 0.0104. The highest BCUT2D eigenvalue weighted by Crippen LogP contribution is 2.20. The van der Waals surface area contributed by atoms with Gasteiger partial charge in [-0.15, -0.1) is 0 Å². The largest absolute Gasteiger partial charge is 0.353 e. The molecule has 0 N–H and O–H groups in total. The smallest absolute Gasteiger partial charge is 0.254 e. The molecule has 7 nitrogen and oxygen atoms in total. The molecule has 1 saturated heterocycles. The van der Waals surface area contributed by atoms with Crippen LogP contribution in [0.3, 0.4) is 0 Å². The Balaban J connectivity index is 1.50. The van der Waals surface area contributed by atoms with Gasteiger partial charge in [-0.1, -0.05) is 17.7 Å². The number of benzene rings is 1. The van der Waals surface area contributed by atoms with Gasteiger partial charge in [0.05, 0.1) is 5.69 Å². The van der Waals surface area contributed by atoms with Crippen molar-refractivity contribution in [1.29, 1.82) is 0 Å². The van der Waals surface area contributed by atoms with Crippen molar-refractivity contribution in [3.05, 3.63) is 64.5 Å². The van der Waals surface area contributed by atoms with Crippen molar-refractivity contribution in [2.75, 3.05) is 31.1 Å². The fourth-order valence-electron chi connectivity index (χ4n) is 3.49. The third-order valence-electron chi connectivity index (χ3n) is 5.27. The maximum Gasteiger partial charge on any atom is 0.254 e. The minimum absolute atomic E-state index is 0.0104. The van der Waals surface area contributed by atoms with E-state index in [1.807, 2.05) is 36.3 Å². The highest BCUT2D eigenvalue weighted by atomic mass is 35.5. The number of piperazine rings is 1. The number of rotatable bonds is 3. The van der Waals surface area contributed by atoms with Crippen LogP contribution in [0, 0.1) is 20.8 Å². The zero-order valence-electron chi connectivity index (χ0n) is 16.8. The van der Waals surface area contributed by atoms with Crippen LogP contribution in [0.15, 0.2) is 36.7 Å². The van der Waals surface area contributed by atoms with Crippen LogP contribution in [0.1, 0.15) is 27.6 Å². The molecule has 3 heterocycles. The average Bonchev–Trinajstić information content (AvgIpc) is 3.06. The van der Waals surface area contributed by atoms with Crippen molar-refractivity contribution in [1.82, 2.24) is 24.4 Å². The number of hydrogen-bond donors (Lipinski definition) is 0. The number of halogens is 1. The molecule has 0 bridgehead atoms. The molecule has 8 heteroatoms. The molecule has 0 saturated carbocycles. The van der Waals surface area contributed by atoms with Gasteiger partial charge in [-0.2, -0.15) is 0 Å². The summed E-state index contributed by atoms with van der Waals surface area (Å²) in [6.07, 6.45) is 1.79. The van der Waals surface area contributed by atoms with Gasteiger partial charge in [-0.3, -0.25) is 9.36 Å². The summed E-state index contributed by atoms with van der Waals surface area (Å²) in [5.41, 5.74) is 2.67. The number of nitrogens with zero attached hydrogens (tertiary/aromatic N) is 6. The lowest BCUT2D eigenvalue weighted by Crippen LogP contribution is -2.49. The van der Waals surface area contributed by atoms with Gasteiger partial charge in [-0.05, 0) is 39.0 Å². The summed E-state index contributed by atoms with van der Waals surface area (Å²) in [5, 5.41) is 0.573. The Bertz CT molecular complexity index is 1060. The van der Waals surface area contributed by atoms with E-state index < -0.39 is 0 Å². The summed E-state index contributed by atoms with van der Waals surface area (Å²) in [4.78, 5) is 30.4. The van der Waals surface area contributed by atoms with E-state index in [-0.39, 0.29) is 5.91 Å². The number of amides is 1. The third kappa shape index (κ3) is 3.96.